The summed E-state index contributed by atoms with van der Waals surface area (Å²) in [4.78, 5) is 0. The standard InChI is InChI=1S/C13H18F3NO2.ClH/c1-12(2,7-18)11(17)9-5-4-8(13(14,15)16)6-10(9)19-3;/h4-6,11,18H,7,17H2,1-3H3;1H/t11-;/m1./s1. The molecule has 0 spiro atoms. The predicted molar refractivity (Wildman–Crippen MR) is 73.0 cm³/mol. The van der Waals surface area contributed by atoms with Gasteiger partial charge in [0.05, 0.1) is 12.7 Å². The number of ether oxygens (including phenoxy) is 1. The van der Waals surface area contributed by atoms with Gasteiger partial charge in [-0.2, -0.15) is 13.2 Å². The Morgan fingerprint density at radius 3 is 2.25 bits per heavy atom. The van der Waals surface area contributed by atoms with Crippen molar-refractivity contribution >= 4 is 12.4 Å². The Labute approximate surface area is 122 Å². The van der Waals surface area contributed by atoms with Gasteiger partial charge in [0.15, 0.2) is 0 Å². The largest absolute Gasteiger partial charge is 0.496 e. The second-order valence-electron chi connectivity index (χ2n) is 5.08. The van der Waals surface area contributed by atoms with Crippen LogP contribution in [0, 0.1) is 5.41 Å². The number of hydrogen-bond donors (Lipinski definition) is 2. The number of alkyl halides is 3. The lowest BCUT2D eigenvalue weighted by molar-refractivity contribution is -0.137. The van der Waals surface area contributed by atoms with Gasteiger partial charge in [0.25, 0.3) is 0 Å². The molecule has 7 heteroatoms. The highest BCUT2D eigenvalue weighted by molar-refractivity contribution is 5.85. The van der Waals surface area contributed by atoms with Gasteiger partial charge in [0, 0.05) is 23.6 Å². The smallest absolute Gasteiger partial charge is 0.416 e. The van der Waals surface area contributed by atoms with E-state index in [1.165, 1.54) is 13.2 Å². The third kappa shape index (κ3) is 4.01. The molecule has 116 valence electrons. The number of aliphatic hydroxyl groups is 1. The molecule has 0 saturated carbocycles. The number of methoxy groups -OCH3 is 1. The molecule has 0 fully saturated rings. The lowest BCUT2D eigenvalue weighted by Gasteiger charge is -2.31. The first-order valence-corrected chi connectivity index (χ1v) is 5.75. The zero-order valence-electron chi connectivity index (χ0n) is 11.5. The van der Waals surface area contributed by atoms with Crippen LogP contribution in [-0.4, -0.2) is 18.8 Å². The Bertz CT molecular complexity index is 450. The van der Waals surface area contributed by atoms with E-state index in [9.17, 15) is 18.3 Å². The Morgan fingerprint density at radius 2 is 1.85 bits per heavy atom. The first kappa shape index (κ1) is 19.0. The topological polar surface area (TPSA) is 55.5 Å². The fraction of sp³-hybridized carbons (Fsp3) is 0.538. The number of halogens is 4. The highest BCUT2D eigenvalue weighted by Gasteiger charge is 2.34. The van der Waals surface area contributed by atoms with Gasteiger partial charge in [0.1, 0.15) is 5.75 Å². The van der Waals surface area contributed by atoms with Crippen molar-refractivity contribution in [1.82, 2.24) is 0 Å². The van der Waals surface area contributed by atoms with Gasteiger partial charge < -0.3 is 15.6 Å². The molecule has 1 aromatic rings. The second kappa shape index (κ2) is 6.65. The van der Waals surface area contributed by atoms with Crippen molar-refractivity contribution in [2.75, 3.05) is 13.7 Å². The lowest BCUT2D eigenvalue weighted by atomic mass is 9.81. The summed E-state index contributed by atoms with van der Waals surface area (Å²) in [6.45, 7) is 3.28. The molecule has 1 atom stereocenters. The van der Waals surface area contributed by atoms with Gasteiger partial charge >= 0.3 is 6.18 Å². The Hall–Kier alpha value is -0.980. The van der Waals surface area contributed by atoms with Crippen LogP contribution >= 0.6 is 12.4 Å². The van der Waals surface area contributed by atoms with Crippen molar-refractivity contribution in [3.8, 4) is 5.75 Å². The average Bonchev–Trinajstić information content (AvgIpc) is 2.35. The molecule has 0 bridgehead atoms. The summed E-state index contributed by atoms with van der Waals surface area (Å²) in [6, 6.07) is 2.55. The maximum Gasteiger partial charge on any atom is 0.416 e. The number of rotatable bonds is 4. The summed E-state index contributed by atoms with van der Waals surface area (Å²) in [6.07, 6.45) is -4.43. The Kier molecular flexibility index (Phi) is 6.32. The number of aliphatic hydroxyl groups excluding tert-OH is 1. The van der Waals surface area contributed by atoms with Crippen LogP contribution in [-0.2, 0) is 6.18 Å². The van der Waals surface area contributed by atoms with Crippen molar-refractivity contribution in [2.45, 2.75) is 26.1 Å². The quantitative estimate of drug-likeness (QED) is 0.898. The summed E-state index contributed by atoms with van der Waals surface area (Å²) in [5, 5.41) is 9.27. The van der Waals surface area contributed by atoms with Gasteiger partial charge in [-0.1, -0.05) is 19.9 Å². The first-order chi connectivity index (χ1) is 8.63. The van der Waals surface area contributed by atoms with Gasteiger partial charge in [-0.15, -0.1) is 12.4 Å². The highest BCUT2D eigenvalue weighted by atomic mass is 35.5. The summed E-state index contributed by atoms with van der Waals surface area (Å²) in [5.74, 6) is 0.0730. The van der Waals surface area contributed by atoms with Crippen LogP contribution in [0.2, 0.25) is 0 Å². The Morgan fingerprint density at radius 1 is 1.30 bits per heavy atom. The van der Waals surface area contributed by atoms with Crippen molar-refractivity contribution in [1.29, 1.82) is 0 Å². The number of nitrogens with two attached hydrogens (primary N) is 1. The van der Waals surface area contributed by atoms with E-state index in [0.717, 1.165) is 12.1 Å². The molecule has 0 aromatic heterocycles. The van der Waals surface area contributed by atoms with E-state index in [1.807, 2.05) is 0 Å². The monoisotopic (exact) mass is 313 g/mol. The molecule has 20 heavy (non-hydrogen) atoms. The third-order valence-corrected chi connectivity index (χ3v) is 3.15. The van der Waals surface area contributed by atoms with Crippen LogP contribution in [0.1, 0.15) is 31.0 Å². The molecule has 1 rings (SSSR count). The molecule has 0 heterocycles. The molecule has 0 unspecified atom stereocenters. The second-order valence-corrected chi connectivity index (χ2v) is 5.08. The number of hydrogen-bond acceptors (Lipinski definition) is 3. The summed E-state index contributed by atoms with van der Waals surface area (Å²) >= 11 is 0. The summed E-state index contributed by atoms with van der Waals surface area (Å²) < 4.78 is 42.8. The number of benzene rings is 1. The zero-order chi connectivity index (χ0) is 14.8. The zero-order valence-corrected chi connectivity index (χ0v) is 12.3. The van der Waals surface area contributed by atoms with Gasteiger partial charge in [0.2, 0.25) is 0 Å². The minimum absolute atomic E-state index is 0. The van der Waals surface area contributed by atoms with Crippen LogP contribution in [0.25, 0.3) is 0 Å². The molecule has 0 saturated heterocycles. The molecule has 0 radical (unpaired) electrons. The normalized spacial score (nSPS) is 13.6. The van der Waals surface area contributed by atoms with Crippen molar-refractivity contribution in [3.63, 3.8) is 0 Å². The molecule has 3 N–H and O–H groups in total. The molecule has 1 aromatic carbocycles. The van der Waals surface area contributed by atoms with Gasteiger partial charge in [-0.3, -0.25) is 0 Å². The van der Waals surface area contributed by atoms with Crippen molar-refractivity contribution < 1.29 is 23.0 Å². The van der Waals surface area contributed by atoms with E-state index in [2.05, 4.69) is 0 Å². The molecular weight excluding hydrogens is 295 g/mol. The lowest BCUT2D eigenvalue weighted by Crippen LogP contribution is -2.32. The highest BCUT2D eigenvalue weighted by Crippen LogP contribution is 2.39. The third-order valence-electron chi connectivity index (χ3n) is 3.15. The molecule has 0 aliphatic rings. The summed E-state index contributed by atoms with van der Waals surface area (Å²) in [5.41, 5.74) is 4.99. The van der Waals surface area contributed by atoms with Crippen LogP contribution in [0.15, 0.2) is 18.2 Å². The van der Waals surface area contributed by atoms with Gasteiger partial charge in [-0.25, -0.2) is 0 Å². The van der Waals surface area contributed by atoms with Crippen LogP contribution in [0.4, 0.5) is 13.2 Å². The minimum Gasteiger partial charge on any atom is -0.496 e. The van der Waals surface area contributed by atoms with Crippen LogP contribution in [0.3, 0.4) is 0 Å². The van der Waals surface area contributed by atoms with E-state index < -0.39 is 23.2 Å². The maximum atomic E-state index is 12.6. The molecule has 0 aliphatic carbocycles. The first-order valence-electron chi connectivity index (χ1n) is 5.75. The molecular formula is C13H19ClF3NO2. The molecule has 0 aliphatic heterocycles. The van der Waals surface area contributed by atoms with Crippen molar-refractivity contribution in [2.24, 2.45) is 11.1 Å². The fourth-order valence-corrected chi connectivity index (χ4v) is 1.66. The van der Waals surface area contributed by atoms with E-state index in [1.54, 1.807) is 13.8 Å². The van der Waals surface area contributed by atoms with Gasteiger partial charge in [-0.05, 0) is 12.1 Å². The predicted octanol–water partition coefficient (Wildman–Crippen LogP) is 3.15. The molecule has 0 amide bonds. The maximum absolute atomic E-state index is 12.6. The summed E-state index contributed by atoms with van der Waals surface area (Å²) in [7, 11) is 1.29. The van der Waals surface area contributed by atoms with Crippen LogP contribution in [0.5, 0.6) is 5.75 Å². The molecule has 3 nitrogen and oxygen atoms in total. The SMILES string of the molecule is COc1cc(C(F)(F)F)ccc1[C@@H](N)C(C)(C)CO.Cl. The average molecular weight is 314 g/mol. The fourth-order valence-electron chi connectivity index (χ4n) is 1.66. The van der Waals surface area contributed by atoms with E-state index >= 15 is 0 Å². The van der Waals surface area contributed by atoms with E-state index in [-0.39, 0.29) is 24.8 Å². The van der Waals surface area contributed by atoms with Crippen LogP contribution < -0.4 is 10.5 Å². The Balaban J connectivity index is 0.00000361. The van der Waals surface area contributed by atoms with E-state index in [0.29, 0.717) is 5.56 Å². The van der Waals surface area contributed by atoms with Crippen molar-refractivity contribution in [3.05, 3.63) is 29.3 Å². The van der Waals surface area contributed by atoms with E-state index in [4.69, 9.17) is 10.5 Å². The minimum atomic E-state index is -4.43.